The lowest BCUT2D eigenvalue weighted by atomic mass is 10.1. The topological polar surface area (TPSA) is 60.8 Å². The van der Waals surface area contributed by atoms with Crippen molar-refractivity contribution in [2.45, 2.75) is 13.0 Å². The van der Waals surface area contributed by atoms with Crippen molar-refractivity contribution in [2.24, 2.45) is 0 Å². The minimum Gasteiger partial charge on any atom is -0.507 e. The number of aliphatic hydroxyl groups excluding tert-OH is 1. The summed E-state index contributed by atoms with van der Waals surface area (Å²) in [6, 6.07) is 1.18. The van der Waals surface area contributed by atoms with Crippen LogP contribution in [0.4, 0.5) is 8.78 Å². The summed E-state index contributed by atoms with van der Waals surface area (Å²) >= 11 is 0. The number of nitrogens with zero attached hydrogens (tertiary/aromatic N) is 1. The maximum absolute atomic E-state index is 13.3. The lowest BCUT2D eigenvalue weighted by Gasteiger charge is -2.19. The quantitative estimate of drug-likeness (QED) is 0.839. The highest BCUT2D eigenvalue weighted by Gasteiger charge is 2.22. The molecule has 17 heavy (non-hydrogen) atoms. The number of hydrogen-bond acceptors (Lipinski definition) is 3. The van der Waals surface area contributed by atoms with Gasteiger partial charge in [0.2, 0.25) is 0 Å². The molecule has 0 aliphatic heterocycles. The Kier molecular flexibility index (Phi) is 4.01. The van der Waals surface area contributed by atoms with Crippen LogP contribution in [0.3, 0.4) is 0 Å². The number of phenols is 1. The summed E-state index contributed by atoms with van der Waals surface area (Å²) in [6.07, 6.45) is -0.783. The SMILES string of the molecule is CC(O)CN(C)C(=O)c1c(O)cc(F)cc1F. The third-order valence-corrected chi connectivity index (χ3v) is 2.13. The van der Waals surface area contributed by atoms with Gasteiger partial charge < -0.3 is 15.1 Å². The second-order valence-corrected chi connectivity index (χ2v) is 3.82. The molecule has 1 aromatic rings. The number of carbonyl (C=O) groups excluding carboxylic acids is 1. The molecule has 0 bridgehead atoms. The number of benzene rings is 1. The van der Waals surface area contributed by atoms with Gasteiger partial charge in [-0.25, -0.2) is 8.78 Å². The van der Waals surface area contributed by atoms with E-state index in [1.54, 1.807) is 0 Å². The van der Waals surface area contributed by atoms with Gasteiger partial charge in [-0.15, -0.1) is 0 Å². The number of amides is 1. The minimum atomic E-state index is -1.13. The molecule has 4 nitrogen and oxygen atoms in total. The highest BCUT2D eigenvalue weighted by atomic mass is 19.1. The molecule has 1 rings (SSSR count). The number of carbonyl (C=O) groups is 1. The highest BCUT2D eigenvalue weighted by molar-refractivity contribution is 5.96. The third-order valence-electron chi connectivity index (χ3n) is 2.13. The molecule has 0 aliphatic rings. The van der Waals surface area contributed by atoms with Gasteiger partial charge in [0, 0.05) is 25.7 Å². The van der Waals surface area contributed by atoms with E-state index in [1.165, 1.54) is 14.0 Å². The van der Waals surface area contributed by atoms with E-state index in [9.17, 15) is 18.7 Å². The Bertz CT molecular complexity index is 412. The number of rotatable bonds is 3. The van der Waals surface area contributed by atoms with Crippen LogP contribution in [-0.2, 0) is 0 Å². The van der Waals surface area contributed by atoms with Crippen molar-refractivity contribution in [3.8, 4) is 5.75 Å². The Labute approximate surface area is 97.1 Å². The second-order valence-electron chi connectivity index (χ2n) is 3.82. The Hall–Kier alpha value is -1.69. The fourth-order valence-electron chi connectivity index (χ4n) is 1.44. The third kappa shape index (κ3) is 3.13. The molecule has 0 aliphatic carbocycles. The molecule has 1 atom stereocenters. The van der Waals surface area contributed by atoms with Crippen LogP contribution in [0.1, 0.15) is 17.3 Å². The monoisotopic (exact) mass is 245 g/mol. The zero-order valence-corrected chi connectivity index (χ0v) is 9.44. The van der Waals surface area contributed by atoms with Crippen molar-refractivity contribution >= 4 is 5.91 Å². The lowest BCUT2D eigenvalue weighted by Crippen LogP contribution is -2.33. The van der Waals surface area contributed by atoms with Crippen LogP contribution in [-0.4, -0.2) is 40.7 Å². The van der Waals surface area contributed by atoms with Crippen molar-refractivity contribution in [1.29, 1.82) is 0 Å². The van der Waals surface area contributed by atoms with E-state index in [1.807, 2.05) is 0 Å². The largest absolute Gasteiger partial charge is 0.507 e. The summed E-state index contributed by atoms with van der Waals surface area (Å²) in [5.41, 5.74) is -0.602. The predicted molar refractivity (Wildman–Crippen MR) is 56.7 cm³/mol. The molecule has 0 saturated heterocycles. The van der Waals surface area contributed by atoms with Crippen molar-refractivity contribution in [3.63, 3.8) is 0 Å². The van der Waals surface area contributed by atoms with Crippen molar-refractivity contribution in [2.75, 3.05) is 13.6 Å². The van der Waals surface area contributed by atoms with Crippen LogP contribution in [0, 0.1) is 11.6 Å². The molecule has 0 spiro atoms. The van der Waals surface area contributed by atoms with Crippen molar-refractivity contribution in [1.82, 2.24) is 4.90 Å². The second kappa shape index (κ2) is 5.09. The van der Waals surface area contributed by atoms with E-state index in [0.29, 0.717) is 12.1 Å². The summed E-state index contributed by atoms with van der Waals surface area (Å²) < 4.78 is 26.1. The average molecular weight is 245 g/mol. The molecule has 0 heterocycles. The van der Waals surface area contributed by atoms with Gasteiger partial charge in [0.05, 0.1) is 6.10 Å². The summed E-state index contributed by atoms with van der Waals surface area (Å²) in [7, 11) is 1.34. The summed E-state index contributed by atoms with van der Waals surface area (Å²) in [4.78, 5) is 12.8. The molecular formula is C11H13F2NO3. The van der Waals surface area contributed by atoms with Gasteiger partial charge in [-0.05, 0) is 6.92 Å². The Balaban J connectivity index is 3.04. The normalized spacial score (nSPS) is 12.3. The molecule has 6 heteroatoms. The van der Waals surface area contributed by atoms with Crippen LogP contribution in [0.2, 0.25) is 0 Å². The van der Waals surface area contributed by atoms with Gasteiger partial charge in [0.15, 0.2) is 0 Å². The number of halogens is 2. The van der Waals surface area contributed by atoms with Crippen LogP contribution in [0.25, 0.3) is 0 Å². The first-order valence-corrected chi connectivity index (χ1v) is 4.94. The fourth-order valence-corrected chi connectivity index (χ4v) is 1.44. The zero-order chi connectivity index (χ0) is 13.2. The molecule has 2 N–H and O–H groups in total. The first kappa shape index (κ1) is 13.4. The zero-order valence-electron chi connectivity index (χ0n) is 9.44. The van der Waals surface area contributed by atoms with Gasteiger partial charge >= 0.3 is 0 Å². The Morgan fingerprint density at radius 3 is 2.53 bits per heavy atom. The molecule has 0 aromatic heterocycles. The molecule has 1 unspecified atom stereocenters. The molecule has 0 saturated carbocycles. The maximum Gasteiger partial charge on any atom is 0.260 e. The van der Waals surface area contributed by atoms with Gasteiger partial charge in [-0.1, -0.05) is 0 Å². The van der Waals surface area contributed by atoms with Crippen LogP contribution in [0.15, 0.2) is 12.1 Å². The van der Waals surface area contributed by atoms with E-state index in [2.05, 4.69) is 0 Å². The van der Waals surface area contributed by atoms with Gasteiger partial charge in [-0.3, -0.25) is 4.79 Å². The standard InChI is InChI=1S/C11H13F2NO3/c1-6(15)5-14(2)11(17)10-8(13)3-7(12)4-9(10)16/h3-4,6,15-16H,5H2,1-2H3. The van der Waals surface area contributed by atoms with E-state index >= 15 is 0 Å². The van der Waals surface area contributed by atoms with E-state index in [4.69, 9.17) is 5.11 Å². The number of likely N-dealkylation sites (N-methyl/N-ethyl adjacent to an activating group) is 1. The van der Waals surface area contributed by atoms with E-state index < -0.39 is 35.0 Å². The van der Waals surface area contributed by atoms with E-state index in [0.717, 1.165) is 4.90 Å². The average Bonchev–Trinajstić information content (AvgIpc) is 2.14. The summed E-state index contributed by atoms with van der Waals surface area (Å²) in [5, 5.41) is 18.4. The molecule has 94 valence electrons. The molecule has 0 radical (unpaired) electrons. The Morgan fingerprint density at radius 2 is 2.06 bits per heavy atom. The van der Waals surface area contributed by atoms with Crippen molar-refractivity contribution in [3.05, 3.63) is 29.3 Å². The maximum atomic E-state index is 13.3. The van der Waals surface area contributed by atoms with E-state index in [-0.39, 0.29) is 6.54 Å². The van der Waals surface area contributed by atoms with Crippen LogP contribution >= 0.6 is 0 Å². The van der Waals surface area contributed by atoms with Gasteiger partial charge in [0.1, 0.15) is 22.9 Å². The summed E-state index contributed by atoms with van der Waals surface area (Å²) in [6.45, 7) is 1.44. The predicted octanol–water partition coefficient (Wildman–Crippen LogP) is 1.12. The number of aromatic hydroxyl groups is 1. The summed E-state index contributed by atoms with van der Waals surface area (Å²) in [5.74, 6) is -3.68. The lowest BCUT2D eigenvalue weighted by molar-refractivity contribution is 0.0696. The first-order chi connectivity index (χ1) is 7.82. The van der Waals surface area contributed by atoms with Gasteiger partial charge in [-0.2, -0.15) is 0 Å². The number of hydrogen-bond donors (Lipinski definition) is 2. The molecule has 1 aromatic carbocycles. The molecular weight excluding hydrogens is 232 g/mol. The van der Waals surface area contributed by atoms with Crippen LogP contribution < -0.4 is 0 Å². The smallest absolute Gasteiger partial charge is 0.260 e. The molecule has 0 fully saturated rings. The highest BCUT2D eigenvalue weighted by Crippen LogP contribution is 2.23. The first-order valence-electron chi connectivity index (χ1n) is 4.94. The fraction of sp³-hybridized carbons (Fsp3) is 0.364. The van der Waals surface area contributed by atoms with Crippen molar-refractivity contribution < 1.29 is 23.8 Å². The van der Waals surface area contributed by atoms with Gasteiger partial charge in [0.25, 0.3) is 5.91 Å². The van der Waals surface area contributed by atoms with Crippen LogP contribution in [0.5, 0.6) is 5.75 Å². The number of phenolic OH excluding ortho intramolecular Hbond substituents is 1. The Morgan fingerprint density at radius 1 is 1.47 bits per heavy atom. The number of aliphatic hydroxyl groups is 1. The minimum absolute atomic E-state index is 0.0188. The molecule has 1 amide bonds.